The van der Waals surface area contributed by atoms with Crippen molar-refractivity contribution in [2.24, 2.45) is 0 Å². The highest BCUT2D eigenvalue weighted by Gasteiger charge is 2.13. The predicted octanol–water partition coefficient (Wildman–Crippen LogP) is 3.42. The Kier molecular flexibility index (Phi) is 4.63. The molecular formula is C16H19FN2. The molecule has 1 aromatic carbocycles. The zero-order chi connectivity index (χ0) is 13.7. The van der Waals surface area contributed by atoms with Crippen LogP contribution in [0.25, 0.3) is 0 Å². The minimum atomic E-state index is -0.179. The van der Waals surface area contributed by atoms with Gasteiger partial charge in [-0.15, -0.1) is 0 Å². The standard InChI is InChI=1S/C16H19FN2/c1-3-19-16(13-5-4-8-18-11-13)10-14-9-15(17)7-6-12(14)2/h4-9,11,16,19H,3,10H2,1-2H3. The van der Waals surface area contributed by atoms with Crippen molar-refractivity contribution in [3.8, 4) is 0 Å². The van der Waals surface area contributed by atoms with E-state index in [-0.39, 0.29) is 11.9 Å². The maximum atomic E-state index is 13.4. The summed E-state index contributed by atoms with van der Waals surface area (Å²) in [6, 6.07) is 9.10. The number of likely N-dealkylation sites (N-methyl/N-ethyl adjacent to an activating group) is 1. The first kappa shape index (κ1) is 13.7. The monoisotopic (exact) mass is 258 g/mol. The smallest absolute Gasteiger partial charge is 0.123 e. The van der Waals surface area contributed by atoms with Gasteiger partial charge >= 0.3 is 0 Å². The van der Waals surface area contributed by atoms with Crippen LogP contribution in [0.5, 0.6) is 0 Å². The van der Waals surface area contributed by atoms with Gasteiger partial charge in [0.05, 0.1) is 0 Å². The van der Waals surface area contributed by atoms with E-state index in [2.05, 4.69) is 23.3 Å². The van der Waals surface area contributed by atoms with Gasteiger partial charge in [-0.25, -0.2) is 4.39 Å². The fourth-order valence-electron chi connectivity index (χ4n) is 2.22. The maximum absolute atomic E-state index is 13.4. The van der Waals surface area contributed by atoms with E-state index in [1.165, 1.54) is 6.07 Å². The topological polar surface area (TPSA) is 24.9 Å². The Morgan fingerprint density at radius 2 is 2.16 bits per heavy atom. The molecule has 2 aromatic rings. The van der Waals surface area contributed by atoms with E-state index < -0.39 is 0 Å². The fourth-order valence-corrected chi connectivity index (χ4v) is 2.22. The Morgan fingerprint density at radius 1 is 1.32 bits per heavy atom. The molecule has 0 fully saturated rings. The second-order valence-electron chi connectivity index (χ2n) is 4.67. The Bertz CT molecular complexity index is 526. The fraction of sp³-hybridized carbons (Fsp3) is 0.312. The van der Waals surface area contributed by atoms with Crippen LogP contribution >= 0.6 is 0 Å². The summed E-state index contributed by atoms with van der Waals surface area (Å²) in [7, 11) is 0. The molecule has 0 aliphatic heterocycles. The molecule has 0 amide bonds. The number of aryl methyl sites for hydroxylation is 1. The van der Waals surface area contributed by atoms with Gasteiger partial charge in [-0.1, -0.05) is 19.1 Å². The number of nitrogens with one attached hydrogen (secondary N) is 1. The lowest BCUT2D eigenvalue weighted by Gasteiger charge is -2.19. The second-order valence-corrected chi connectivity index (χ2v) is 4.67. The molecule has 0 bridgehead atoms. The summed E-state index contributed by atoms with van der Waals surface area (Å²) < 4.78 is 13.4. The number of nitrogens with zero attached hydrogens (tertiary/aromatic N) is 1. The van der Waals surface area contributed by atoms with Gasteiger partial charge in [-0.05, 0) is 54.8 Å². The SMILES string of the molecule is CCNC(Cc1cc(F)ccc1C)c1cccnc1. The van der Waals surface area contributed by atoms with Crippen LogP contribution in [0.3, 0.4) is 0 Å². The van der Waals surface area contributed by atoms with Crippen molar-refractivity contribution in [2.75, 3.05) is 6.54 Å². The van der Waals surface area contributed by atoms with E-state index in [9.17, 15) is 4.39 Å². The van der Waals surface area contributed by atoms with Crippen LogP contribution in [-0.2, 0) is 6.42 Å². The Hall–Kier alpha value is -1.74. The molecular weight excluding hydrogens is 239 g/mol. The minimum Gasteiger partial charge on any atom is -0.310 e. The molecule has 0 aliphatic carbocycles. The third kappa shape index (κ3) is 3.61. The van der Waals surface area contributed by atoms with E-state index >= 15 is 0 Å². The van der Waals surface area contributed by atoms with E-state index in [0.29, 0.717) is 0 Å². The Labute approximate surface area is 113 Å². The van der Waals surface area contributed by atoms with Crippen LogP contribution in [-0.4, -0.2) is 11.5 Å². The van der Waals surface area contributed by atoms with Gasteiger partial charge in [0.1, 0.15) is 5.82 Å². The van der Waals surface area contributed by atoms with Crippen molar-refractivity contribution in [1.82, 2.24) is 10.3 Å². The van der Waals surface area contributed by atoms with Gasteiger partial charge in [0.15, 0.2) is 0 Å². The first-order chi connectivity index (χ1) is 9.20. The largest absolute Gasteiger partial charge is 0.310 e. The summed E-state index contributed by atoms with van der Waals surface area (Å²) in [6.07, 6.45) is 4.39. The van der Waals surface area contributed by atoms with Gasteiger partial charge in [0.2, 0.25) is 0 Å². The maximum Gasteiger partial charge on any atom is 0.123 e. The lowest BCUT2D eigenvalue weighted by atomic mass is 9.97. The van der Waals surface area contributed by atoms with Crippen LogP contribution in [0, 0.1) is 12.7 Å². The molecule has 1 atom stereocenters. The molecule has 0 saturated heterocycles. The van der Waals surface area contributed by atoms with Crippen molar-refractivity contribution in [2.45, 2.75) is 26.3 Å². The number of pyridine rings is 1. The number of halogens is 1. The van der Waals surface area contributed by atoms with Crippen LogP contribution in [0.15, 0.2) is 42.7 Å². The Morgan fingerprint density at radius 3 is 2.84 bits per heavy atom. The van der Waals surface area contributed by atoms with Crippen molar-refractivity contribution in [1.29, 1.82) is 0 Å². The Balaban J connectivity index is 2.24. The molecule has 100 valence electrons. The summed E-state index contributed by atoms with van der Waals surface area (Å²) >= 11 is 0. The highest BCUT2D eigenvalue weighted by molar-refractivity contribution is 5.29. The van der Waals surface area contributed by atoms with Crippen molar-refractivity contribution >= 4 is 0 Å². The van der Waals surface area contributed by atoms with Crippen LogP contribution < -0.4 is 5.32 Å². The number of benzene rings is 1. The molecule has 19 heavy (non-hydrogen) atoms. The number of hydrogen-bond donors (Lipinski definition) is 1. The molecule has 0 saturated carbocycles. The minimum absolute atomic E-state index is 0.166. The van der Waals surface area contributed by atoms with Crippen LogP contribution in [0.2, 0.25) is 0 Å². The highest BCUT2D eigenvalue weighted by atomic mass is 19.1. The van der Waals surface area contributed by atoms with Gasteiger partial charge in [0, 0.05) is 18.4 Å². The summed E-state index contributed by atoms with van der Waals surface area (Å²) in [6.45, 7) is 4.96. The third-order valence-corrected chi connectivity index (χ3v) is 3.27. The van der Waals surface area contributed by atoms with Crippen molar-refractivity contribution < 1.29 is 4.39 Å². The van der Waals surface area contributed by atoms with E-state index in [1.807, 2.05) is 25.3 Å². The van der Waals surface area contributed by atoms with Gasteiger partial charge in [0.25, 0.3) is 0 Å². The molecule has 0 radical (unpaired) electrons. The summed E-state index contributed by atoms with van der Waals surface area (Å²) in [4.78, 5) is 4.16. The summed E-state index contributed by atoms with van der Waals surface area (Å²) in [5.41, 5.74) is 3.29. The molecule has 2 nitrogen and oxygen atoms in total. The first-order valence-electron chi connectivity index (χ1n) is 6.59. The average molecular weight is 258 g/mol. The quantitative estimate of drug-likeness (QED) is 0.888. The molecule has 0 aliphatic rings. The number of hydrogen-bond acceptors (Lipinski definition) is 2. The third-order valence-electron chi connectivity index (χ3n) is 3.27. The number of rotatable bonds is 5. The molecule has 1 unspecified atom stereocenters. The molecule has 1 N–H and O–H groups in total. The van der Waals surface area contributed by atoms with E-state index in [1.54, 1.807) is 12.3 Å². The van der Waals surface area contributed by atoms with Crippen LogP contribution in [0.1, 0.15) is 29.7 Å². The highest BCUT2D eigenvalue weighted by Crippen LogP contribution is 2.20. The zero-order valence-electron chi connectivity index (χ0n) is 11.4. The van der Waals surface area contributed by atoms with E-state index in [4.69, 9.17) is 0 Å². The van der Waals surface area contributed by atoms with Crippen molar-refractivity contribution in [3.05, 3.63) is 65.2 Å². The normalized spacial score (nSPS) is 12.4. The summed E-state index contributed by atoms with van der Waals surface area (Å²) in [5, 5.41) is 3.43. The number of aromatic nitrogens is 1. The molecule has 0 spiro atoms. The van der Waals surface area contributed by atoms with Gasteiger partial charge < -0.3 is 5.32 Å². The molecule has 1 aromatic heterocycles. The summed E-state index contributed by atoms with van der Waals surface area (Å²) in [5.74, 6) is -0.179. The lowest BCUT2D eigenvalue weighted by Crippen LogP contribution is -2.23. The first-order valence-corrected chi connectivity index (χ1v) is 6.59. The van der Waals surface area contributed by atoms with Gasteiger partial charge in [-0.2, -0.15) is 0 Å². The second kappa shape index (κ2) is 6.43. The average Bonchev–Trinajstić information content (AvgIpc) is 2.43. The van der Waals surface area contributed by atoms with Crippen molar-refractivity contribution in [3.63, 3.8) is 0 Å². The van der Waals surface area contributed by atoms with Gasteiger partial charge in [-0.3, -0.25) is 4.98 Å². The molecule has 3 heteroatoms. The molecule has 1 heterocycles. The van der Waals surface area contributed by atoms with E-state index in [0.717, 1.165) is 29.7 Å². The predicted molar refractivity (Wildman–Crippen MR) is 75.5 cm³/mol. The lowest BCUT2D eigenvalue weighted by molar-refractivity contribution is 0.544. The molecule has 2 rings (SSSR count). The zero-order valence-corrected chi connectivity index (χ0v) is 11.4. The van der Waals surface area contributed by atoms with Crippen LogP contribution in [0.4, 0.5) is 4.39 Å².